The second-order valence-electron chi connectivity index (χ2n) is 9.59. The summed E-state index contributed by atoms with van der Waals surface area (Å²) in [5, 5.41) is 8.07. The number of nitrogens with zero attached hydrogens (tertiary/aromatic N) is 4. The molecule has 3 heterocycles. The lowest BCUT2D eigenvalue weighted by atomic mass is 10.0. The highest BCUT2D eigenvalue weighted by Gasteiger charge is 2.28. The molecule has 188 valence electrons. The highest BCUT2D eigenvalue weighted by Crippen LogP contribution is 2.21. The van der Waals surface area contributed by atoms with Crippen LogP contribution in [-0.2, 0) is 6.42 Å². The van der Waals surface area contributed by atoms with Crippen LogP contribution in [0.25, 0.3) is 10.8 Å². The Hall–Kier alpha value is -3.52. The van der Waals surface area contributed by atoms with Crippen molar-refractivity contribution in [2.45, 2.75) is 32.2 Å². The SMILES string of the molecule is CCC(CN1C=CCC1)N1CCN(C(=O)c2cc(Cc3n[nH]c(=O)c4ccccc34)ccc2F)CC1. The Bertz CT molecular complexity index is 1330. The van der Waals surface area contributed by atoms with E-state index in [2.05, 4.69) is 39.2 Å². The van der Waals surface area contributed by atoms with Gasteiger partial charge in [-0.2, -0.15) is 5.10 Å². The first-order valence-corrected chi connectivity index (χ1v) is 12.7. The first kappa shape index (κ1) is 24.2. The van der Waals surface area contributed by atoms with Crippen molar-refractivity contribution in [1.82, 2.24) is 24.9 Å². The van der Waals surface area contributed by atoms with E-state index in [4.69, 9.17) is 0 Å². The molecule has 1 atom stereocenters. The molecular formula is C28H32FN5O2. The summed E-state index contributed by atoms with van der Waals surface area (Å²) in [4.78, 5) is 32.0. The number of amides is 1. The molecule has 1 N–H and O–H groups in total. The van der Waals surface area contributed by atoms with E-state index in [1.165, 1.54) is 6.07 Å². The first-order valence-electron chi connectivity index (χ1n) is 12.7. The predicted octanol–water partition coefficient (Wildman–Crippen LogP) is 3.41. The van der Waals surface area contributed by atoms with E-state index < -0.39 is 5.82 Å². The fourth-order valence-corrected chi connectivity index (χ4v) is 5.27. The molecule has 0 saturated carbocycles. The molecule has 0 radical (unpaired) electrons. The summed E-state index contributed by atoms with van der Waals surface area (Å²) in [5.41, 5.74) is 1.30. The number of piperazine rings is 1. The second-order valence-corrected chi connectivity index (χ2v) is 9.59. The summed E-state index contributed by atoms with van der Waals surface area (Å²) in [7, 11) is 0. The molecule has 5 rings (SSSR count). The fourth-order valence-electron chi connectivity index (χ4n) is 5.27. The lowest BCUT2D eigenvalue weighted by Crippen LogP contribution is -2.54. The van der Waals surface area contributed by atoms with Gasteiger partial charge in [-0.1, -0.05) is 37.3 Å². The Morgan fingerprint density at radius 1 is 1.08 bits per heavy atom. The Labute approximate surface area is 210 Å². The van der Waals surface area contributed by atoms with Crippen molar-refractivity contribution >= 4 is 16.7 Å². The van der Waals surface area contributed by atoms with Crippen molar-refractivity contribution in [3.8, 4) is 0 Å². The van der Waals surface area contributed by atoms with Crippen molar-refractivity contribution in [2.75, 3.05) is 39.3 Å². The lowest BCUT2D eigenvalue weighted by molar-refractivity contribution is 0.0530. The van der Waals surface area contributed by atoms with Gasteiger partial charge in [0.1, 0.15) is 5.82 Å². The molecule has 3 aromatic rings. The standard InChI is InChI=1S/C28H32FN5O2/c1-2-21(19-32-11-5-6-12-32)33-13-15-34(16-14-33)28(36)24-17-20(9-10-25(24)29)18-26-22-7-3-4-8-23(22)27(35)31-30-26/h3-5,7-11,17,21H,2,6,12-16,18-19H2,1H3,(H,31,35). The van der Waals surface area contributed by atoms with Gasteiger partial charge in [0.2, 0.25) is 0 Å². The molecule has 2 aromatic carbocycles. The molecule has 0 spiro atoms. The first-order chi connectivity index (χ1) is 17.5. The van der Waals surface area contributed by atoms with E-state index in [0.717, 1.165) is 50.0 Å². The molecule has 8 heteroatoms. The van der Waals surface area contributed by atoms with Crippen LogP contribution in [0.3, 0.4) is 0 Å². The third-order valence-corrected chi connectivity index (χ3v) is 7.34. The molecular weight excluding hydrogens is 457 g/mol. The van der Waals surface area contributed by atoms with Crippen LogP contribution in [0.1, 0.15) is 41.4 Å². The maximum atomic E-state index is 14.8. The largest absolute Gasteiger partial charge is 0.376 e. The number of hydrogen-bond acceptors (Lipinski definition) is 5. The topological polar surface area (TPSA) is 72.5 Å². The number of carbonyl (C=O) groups is 1. The number of aromatic nitrogens is 2. The predicted molar refractivity (Wildman–Crippen MR) is 138 cm³/mol. The molecule has 1 aromatic heterocycles. The van der Waals surface area contributed by atoms with Crippen LogP contribution in [-0.4, -0.2) is 76.1 Å². The van der Waals surface area contributed by atoms with Gasteiger partial charge in [0.05, 0.1) is 16.6 Å². The number of halogens is 1. The van der Waals surface area contributed by atoms with Crippen LogP contribution in [0.4, 0.5) is 4.39 Å². The van der Waals surface area contributed by atoms with Gasteiger partial charge in [-0.15, -0.1) is 0 Å². The van der Waals surface area contributed by atoms with Gasteiger partial charge < -0.3 is 9.80 Å². The lowest BCUT2D eigenvalue weighted by Gasteiger charge is -2.40. The van der Waals surface area contributed by atoms with Crippen LogP contribution in [0, 0.1) is 5.82 Å². The van der Waals surface area contributed by atoms with Gasteiger partial charge in [-0.05, 0) is 42.8 Å². The monoisotopic (exact) mass is 489 g/mol. The number of rotatable bonds is 7. The number of carbonyl (C=O) groups excluding carboxylic acids is 1. The van der Waals surface area contributed by atoms with Crippen molar-refractivity contribution in [1.29, 1.82) is 0 Å². The molecule has 2 aliphatic rings. The number of nitrogens with one attached hydrogen (secondary N) is 1. The number of hydrogen-bond donors (Lipinski definition) is 1. The molecule has 1 amide bonds. The van der Waals surface area contributed by atoms with Crippen molar-refractivity contribution < 1.29 is 9.18 Å². The minimum absolute atomic E-state index is 0.0870. The zero-order valence-corrected chi connectivity index (χ0v) is 20.6. The molecule has 1 fully saturated rings. The highest BCUT2D eigenvalue weighted by molar-refractivity contribution is 5.95. The van der Waals surface area contributed by atoms with Crippen LogP contribution in [0.2, 0.25) is 0 Å². The van der Waals surface area contributed by atoms with Gasteiger partial charge in [0, 0.05) is 57.1 Å². The Balaban J connectivity index is 1.27. The third-order valence-electron chi connectivity index (χ3n) is 7.34. The maximum Gasteiger partial charge on any atom is 0.272 e. The quantitative estimate of drug-likeness (QED) is 0.551. The molecule has 0 aliphatic carbocycles. The van der Waals surface area contributed by atoms with E-state index in [9.17, 15) is 14.0 Å². The number of aromatic amines is 1. The summed E-state index contributed by atoms with van der Waals surface area (Å²) in [6, 6.07) is 12.4. The van der Waals surface area contributed by atoms with Gasteiger partial charge in [0.15, 0.2) is 0 Å². The van der Waals surface area contributed by atoms with Crippen molar-refractivity contribution in [3.63, 3.8) is 0 Å². The van der Waals surface area contributed by atoms with Crippen LogP contribution >= 0.6 is 0 Å². The molecule has 0 bridgehead atoms. The summed E-state index contributed by atoms with van der Waals surface area (Å²) in [5.74, 6) is -0.790. The third kappa shape index (κ3) is 5.04. The Morgan fingerprint density at radius 3 is 2.58 bits per heavy atom. The molecule has 7 nitrogen and oxygen atoms in total. The van der Waals surface area contributed by atoms with E-state index in [-0.39, 0.29) is 17.0 Å². The number of benzene rings is 2. The average molecular weight is 490 g/mol. The minimum Gasteiger partial charge on any atom is -0.376 e. The Kier molecular flexibility index (Phi) is 7.13. The smallest absolute Gasteiger partial charge is 0.272 e. The highest BCUT2D eigenvalue weighted by atomic mass is 19.1. The molecule has 2 aliphatic heterocycles. The van der Waals surface area contributed by atoms with Crippen molar-refractivity contribution in [3.05, 3.63) is 87.7 Å². The van der Waals surface area contributed by atoms with Crippen molar-refractivity contribution in [2.24, 2.45) is 0 Å². The van der Waals surface area contributed by atoms with E-state index >= 15 is 0 Å². The zero-order valence-electron chi connectivity index (χ0n) is 20.6. The van der Waals surface area contributed by atoms with E-state index in [1.807, 2.05) is 18.2 Å². The summed E-state index contributed by atoms with van der Waals surface area (Å²) in [6.07, 6.45) is 6.94. The summed E-state index contributed by atoms with van der Waals surface area (Å²) < 4.78 is 14.8. The van der Waals surface area contributed by atoms with Gasteiger partial charge in [0.25, 0.3) is 11.5 Å². The van der Waals surface area contributed by atoms with Gasteiger partial charge >= 0.3 is 0 Å². The Morgan fingerprint density at radius 2 is 1.86 bits per heavy atom. The fraction of sp³-hybridized carbons (Fsp3) is 0.393. The number of fused-ring (bicyclic) bond motifs is 1. The van der Waals surface area contributed by atoms with Gasteiger partial charge in [-0.3, -0.25) is 14.5 Å². The second kappa shape index (κ2) is 10.6. The minimum atomic E-state index is -0.516. The summed E-state index contributed by atoms with van der Waals surface area (Å²) >= 11 is 0. The summed E-state index contributed by atoms with van der Waals surface area (Å²) in [6.45, 7) is 7.04. The molecule has 1 unspecified atom stereocenters. The normalized spacial score (nSPS) is 17.2. The van der Waals surface area contributed by atoms with Crippen LogP contribution < -0.4 is 5.56 Å². The van der Waals surface area contributed by atoms with E-state index in [0.29, 0.717) is 36.6 Å². The van der Waals surface area contributed by atoms with Crippen LogP contribution in [0.15, 0.2) is 59.5 Å². The van der Waals surface area contributed by atoms with Crippen LogP contribution in [0.5, 0.6) is 0 Å². The molecule has 1 saturated heterocycles. The molecule has 36 heavy (non-hydrogen) atoms. The maximum absolute atomic E-state index is 14.8. The van der Waals surface area contributed by atoms with Gasteiger partial charge in [-0.25, -0.2) is 9.49 Å². The number of H-pyrrole nitrogens is 1. The average Bonchev–Trinajstić information content (AvgIpc) is 3.43. The zero-order chi connectivity index (χ0) is 25.1. The van der Waals surface area contributed by atoms with E-state index in [1.54, 1.807) is 23.1 Å².